The van der Waals surface area contributed by atoms with Crippen molar-refractivity contribution in [3.05, 3.63) is 40.1 Å². The zero-order valence-electron chi connectivity index (χ0n) is 23.9. The molecule has 1 aliphatic heterocycles. The van der Waals surface area contributed by atoms with Crippen molar-refractivity contribution in [2.75, 3.05) is 32.8 Å². The summed E-state index contributed by atoms with van der Waals surface area (Å²) in [7, 11) is -3.81. The van der Waals surface area contributed by atoms with Crippen LogP contribution in [0.25, 0.3) is 16.9 Å². The Morgan fingerprint density at radius 2 is 1.90 bits per heavy atom. The van der Waals surface area contributed by atoms with Crippen LogP contribution in [0, 0.1) is 0 Å². The van der Waals surface area contributed by atoms with Gasteiger partial charge in [0.05, 0.1) is 22.8 Å². The zero-order valence-corrected chi connectivity index (χ0v) is 24.7. The van der Waals surface area contributed by atoms with Crippen molar-refractivity contribution in [2.45, 2.75) is 84.1 Å². The van der Waals surface area contributed by atoms with E-state index >= 15 is 0 Å². The Kier molecular flexibility index (Phi) is 9.45. The number of rotatable bonds is 13. The zero-order chi connectivity index (χ0) is 28.2. The number of H-pyrrole nitrogens is 1. The first-order valence-electron chi connectivity index (χ1n) is 14.2. The van der Waals surface area contributed by atoms with Gasteiger partial charge in [0.2, 0.25) is 10.0 Å². The number of benzene rings is 1. The SMILES string of the molecule is CCCc1nc(CC)c2c(=O)[nH]c(-c3cc(S(=O)(=O)N(CCCN4CCCC4)C(C)C)ccc3OCC)nn12. The summed E-state index contributed by atoms with van der Waals surface area (Å²) in [5.41, 5.74) is 1.23. The molecule has 0 amide bonds. The minimum Gasteiger partial charge on any atom is -0.493 e. The second-order valence-electron chi connectivity index (χ2n) is 10.3. The number of hydrogen-bond donors (Lipinski definition) is 1. The monoisotopic (exact) mass is 558 g/mol. The minimum atomic E-state index is -3.81. The number of ether oxygens (including phenoxy) is 1. The Labute approximate surface area is 231 Å². The van der Waals surface area contributed by atoms with Crippen molar-refractivity contribution in [3.8, 4) is 17.1 Å². The number of imidazole rings is 1. The number of nitrogens with one attached hydrogen (secondary N) is 1. The number of fused-ring (bicyclic) bond motifs is 1. The molecule has 11 heteroatoms. The summed E-state index contributed by atoms with van der Waals surface area (Å²) < 4.78 is 36.8. The van der Waals surface area contributed by atoms with Crippen molar-refractivity contribution in [1.82, 2.24) is 28.8 Å². The van der Waals surface area contributed by atoms with E-state index in [1.165, 1.54) is 12.8 Å². The quantitative estimate of drug-likeness (QED) is 0.339. The van der Waals surface area contributed by atoms with Crippen LogP contribution in [0.5, 0.6) is 5.75 Å². The molecule has 1 aromatic carbocycles. The first-order valence-corrected chi connectivity index (χ1v) is 15.7. The Hall–Kier alpha value is -2.76. The van der Waals surface area contributed by atoms with Gasteiger partial charge in [0.15, 0.2) is 11.3 Å². The van der Waals surface area contributed by atoms with Gasteiger partial charge in [-0.3, -0.25) is 4.79 Å². The van der Waals surface area contributed by atoms with E-state index < -0.39 is 10.0 Å². The average Bonchev–Trinajstić information content (AvgIpc) is 3.55. The van der Waals surface area contributed by atoms with Gasteiger partial charge in [0, 0.05) is 19.0 Å². The molecule has 3 heterocycles. The van der Waals surface area contributed by atoms with Crippen LogP contribution in [0.15, 0.2) is 27.9 Å². The van der Waals surface area contributed by atoms with Gasteiger partial charge in [-0.05, 0) is 90.7 Å². The van der Waals surface area contributed by atoms with Crippen molar-refractivity contribution < 1.29 is 13.2 Å². The molecule has 214 valence electrons. The number of aromatic nitrogens is 4. The van der Waals surface area contributed by atoms with E-state index in [0.717, 1.165) is 32.5 Å². The highest BCUT2D eigenvalue weighted by Crippen LogP contribution is 2.32. The third kappa shape index (κ3) is 6.20. The van der Waals surface area contributed by atoms with Gasteiger partial charge in [-0.2, -0.15) is 4.31 Å². The molecule has 1 aliphatic rings. The Morgan fingerprint density at radius 3 is 2.54 bits per heavy atom. The maximum Gasteiger partial charge on any atom is 0.277 e. The van der Waals surface area contributed by atoms with Gasteiger partial charge in [0.25, 0.3) is 5.56 Å². The molecular formula is C28H42N6O4S. The van der Waals surface area contributed by atoms with Crippen LogP contribution in [0.1, 0.15) is 71.8 Å². The summed E-state index contributed by atoms with van der Waals surface area (Å²) in [6.07, 6.45) is 5.33. The molecule has 0 unspecified atom stereocenters. The molecule has 0 atom stereocenters. The van der Waals surface area contributed by atoms with E-state index in [1.807, 2.05) is 34.6 Å². The number of likely N-dealkylation sites (tertiary alicyclic amines) is 1. The van der Waals surface area contributed by atoms with Crippen LogP contribution in [0.4, 0.5) is 0 Å². The van der Waals surface area contributed by atoms with Gasteiger partial charge < -0.3 is 14.6 Å². The fraction of sp³-hybridized carbons (Fsp3) is 0.607. The molecule has 0 bridgehead atoms. The standard InChI is InChI=1S/C28H42N6O4S/c1-6-12-25-29-23(7-2)26-28(35)30-27(31-34(25)26)22-19-21(13-14-24(22)38-8-3)39(36,37)33(20(4)5)18-11-17-32-15-9-10-16-32/h13-14,19-20H,6-12,15-18H2,1-5H3,(H,30,31,35). The highest BCUT2D eigenvalue weighted by Gasteiger charge is 2.29. The molecule has 4 rings (SSSR count). The molecule has 0 spiro atoms. The van der Waals surface area contributed by atoms with Crippen LogP contribution >= 0.6 is 0 Å². The lowest BCUT2D eigenvalue weighted by atomic mass is 10.2. The molecule has 1 saturated heterocycles. The van der Waals surface area contributed by atoms with E-state index in [9.17, 15) is 13.2 Å². The predicted octanol–water partition coefficient (Wildman–Crippen LogP) is 3.88. The molecule has 39 heavy (non-hydrogen) atoms. The normalized spacial score (nSPS) is 14.7. The fourth-order valence-electron chi connectivity index (χ4n) is 5.27. The molecule has 0 aliphatic carbocycles. The predicted molar refractivity (Wildman–Crippen MR) is 153 cm³/mol. The number of hydrogen-bond acceptors (Lipinski definition) is 7. The van der Waals surface area contributed by atoms with Gasteiger partial charge in [-0.15, -0.1) is 5.10 Å². The minimum absolute atomic E-state index is 0.146. The van der Waals surface area contributed by atoms with Crippen molar-refractivity contribution in [1.29, 1.82) is 0 Å². The molecule has 1 fully saturated rings. The van der Waals surface area contributed by atoms with Crippen LogP contribution < -0.4 is 10.3 Å². The lowest BCUT2D eigenvalue weighted by molar-refractivity contribution is 0.293. The molecule has 0 saturated carbocycles. The van der Waals surface area contributed by atoms with Crippen LogP contribution in [0.3, 0.4) is 0 Å². The Morgan fingerprint density at radius 1 is 1.15 bits per heavy atom. The van der Waals surface area contributed by atoms with E-state index in [-0.39, 0.29) is 22.3 Å². The number of nitrogens with zero attached hydrogens (tertiary/aromatic N) is 5. The maximum absolute atomic E-state index is 13.9. The Balaban J connectivity index is 1.75. The largest absolute Gasteiger partial charge is 0.493 e. The highest BCUT2D eigenvalue weighted by atomic mass is 32.2. The summed E-state index contributed by atoms with van der Waals surface area (Å²) >= 11 is 0. The lowest BCUT2D eigenvalue weighted by Crippen LogP contribution is -2.39. The number of aryl methyl sites for hydroxylation is 2. The third-order valence-electron chi connectivity index (χ3n) is 7.19. The van der Waals surface area contributed by atoms with Gasteiger partial charge in [-0.1, -0.05) is 13.8 Å². The number of aromatic amines is 1. The fourth-order valence-corrected chi connectivity index (χ4v) is 6.97. The van der Waals surface area contributed by atoms with E-state index in [1.54, 1.807) is 27.0 Å². The molecule has 10 nitrogen and oxygen atoms in total. The smallest absolute Gasteiger partial charge is 0.277 e. The third-order valence-corrected chi connectivity index (χ3v) is 9.26. The second-order valence-corrected chi connectivity index (χ2v) is 12.2. The van der Waals surface area contributed by atoms with Crippen LogP contribution in [0.2, 0.25) is 0 Å². The molecular weight excluding hydrogens is 516 g/mol. The van der Waals surface area contributed by atoms with E-state index in [0.29, 0.717) is 54.3 Å². The summed E-state index contributed by atoms with van der Waals surface area (Å²) in [4.78, 5) is 23.3. The van der Waals surface area contributed by atoms with Gasteiger partial charge >= 0.3 is 0 Å². The molecule has 3 aromatic rings. The first kappa shape index (κ1) is 29.2. The van der Waals surface area contributed by atoms with Crippen LogP contribution in [-0.2, 0) is 22.9 Å². The van der Waals surface area contributed by atoms with Crippen LogP contribution in [-0.4, -0.2) is 76.0 Å². The van der Waals surface area contributed by atoms with Gasteiger partial charge in [0.1, 0.15) is 11.6 Å². The summed E-state index contributed by atoms with van der Waals surface area (Å²) in [5, 5.41) is 4.74. The first-order chi connectivity index (χ1) is 18.7. The summed E-state index contributed by atoms with van der Waals surface area (Å²) in [5.74, 6) is 1.41. The van der Waals surface area contributed by atoms with Crippen molar-refractivity contribution in [2.24, 2.45) is 0 Å². The molecule has 0 radical (unpaired) electrons. The Bertz CT molecular complexity index is 1440. The topological polar surface area (TPSA) is 113 Å². The van der Waals surface area contributed by atoms with Crippen molar-refractivity contribution >= 4 is 15.5 Å². The van der Waals surface area contributed by atoms with E-state index in [4.69, 9.17) is 9.84 Å². The molecule has 2 aromatic heterocycles. The maximum atomic E-state index is 13.9. The number of sulfonamides is 1. The van der Waals surface area contributed by atoms with E-state index in [2.05, 4.69) is 14.9 Å². The second kappa shape index (κ2) is 12.6. The average molecular weight is 559 g/mol. The molecule has 1 N–H and O–H groups in total. The summed E-state index contributed by atoms with van der Waals surface area (Å²) in [6.45, 7) is 13.5. The van der Waals surface area contributed by atoms with Gasteiger partial charge in [-0.25, -0.2) is 17.9 Å². The highest BCUT2D eigenvalue weighted by molar-refractivity contribution is 7.89. The summed E-state index contributed by atoms with van der Waals surface area (Å²) in [6, 6.07) is 4.59. The lowest BCUT2D eigenvalue weighted by Gasteiger charge is -2.27. The van der Waals surface area contributed by atoms with Crippen molar-refractivity contribution in [3.63, 3.8) is 0 Å².